The number of aromatic nitrogens is 4. The summed E-state index contributed by atoms with van der Waals surface area (Å²) in [6.45, 7) is 44.8. The molecule has 2 aromatic heterocycles. The highest BCUT2D eigenvalue weighted by molar-refractivity contribution is 6.05. The third kappa shape index (κ3) is 6.62. The zero-order valence-electron chi connectivity index (χ0n) is 143. The summed E-state index contributed by atoms with van der Waals surface area (Å²) in [4.78, 5) is 72.1. The van der Waals surface area contributed by atoms with Crippen LogP contribution in [0.2, 0.25) is 0 Å². The lowest BCUT2D eigenvalue weighted by molar-refractivity contribution is -0.175. The normalized spacial score (nSPS) is 54.2. The van der Waals surface area contributed by atoms with Crippen molar-refractivity contribution in [1.82, 2.24) is 20.3 Å². The first-order valence-corrected chi connectivity index (χ1v) is 29.5. The predicted molar refractivity (Wildman–Crippen MR) is 393 cm³/mol. The van der Waals surface area contributed by atoms with Gasteiger partial charge in [0.2, 0.25) is 17.5 Å². The number of rotatable bonds is 2. The van der Waals surface area contributed by atoms with Crippen molar-refractivity contribution >= 4 is 23.1 Å². The van der Waals surface area contributed by atoms with Crippen LogP contribution in [0.1, 0.15) is 339 Å². The lowest BCUT2D eigenvalue weighted by atomic mass is 9.34. The number of aryl methyl sites for hydroxylation is 2. The van der Waals surface area contributed by atoms with Gasteiger partial charge in [-0.05, 0) is 174 Å². The fourth-order valence-corrected chi connectivity index (χ4v) is 21.1. The van der Waals surface area contributed by atoms with Gasteiger partial charge in [-0.2, -0.15) is 9.97 Å². The van der Waals surface area contributed by atoms with E-state index in [1.54, 1.807) is 19.9 Å². The fraction of sp³-hybridized carbons (Fsp3) is 0.750. The highest BCUT2D eigenvalue weighted by atomic mass is 16.6. The van der Waals surface area contributed by atoms with Crippen molar-refractivity contribution in [3.63, 3.8) is 0 Å². The Labute approximate surface area is 613 Å². The SMILES string of the molecule is [3HH].[3HH].[3H][3H].[3H][3H].[3H][3H].[3H][3H].[3H][3H].[3H][3H].[3H][3H].[3H][3H].[3H][3H].[3H][3H].[3H][3H].[3H][3H].[3H][3H].[3H][3H].[3H][3H].[3H][3H].[3H][3H].[3H][3H].[3H][3H].[3H][3H].[3H][3H].[3H][3H].[3H][3H].[3H][3H].[3H][3H].[3H][3H].[3H][3H].[3H][3H].[3H][3H].[3H][3H].[3H][3H].[3H][3H].[3H][3H].[3H][3H].[3H][3H].[3H][3H].[3H][3H].[3H][3H].[3H][3H].[3H][3H].[3H][3H].[3H][3H].[3H][3H].[3H][3H].[3H][3H].[3H][3H].[3H][3H].[C-]#[N+]C1=C[C@]2(C)C3=CC(=O)[C@@H]4[C@@H]5CC(C)(C)CC[C@]5(c5nc(C)no5)CC[C@@]4(C)[C@]3(C)CC[C@H]2[C@](C)(O)C1=O.[C-]#[N+][C@@]12O[C@@H]1[C@]1(C)C3=CC(=O)[C@@H]4[C@@H]5CC(C)(C)CC[C@]5(c5nc(C)no5)CC[C@@]4(C)[C@]3(C)CC[C@H]1[C@](C)(O)C2=O. The van der Waals surface area contributed by atoms with E-state index in [1.807, 2.05) is 39.8 Å². The summed E-state index contributed by atoms with van der Waals surface area (Å²) in [5, 5.41) is 31.4. The number of epoxide rings is 1. The van der Waals surface area contributed by atoms with Crippen molar-refractivity contribution in [1.29, 1.82) is 0 Å². The van der Waals surface area contributed by atoms with Crippen molar-refractivity contribution < 1.29 is 186 Å². The van der Waals surface area contributed by atoms with Crippen LogP contribution >= 0.6 is 0 Å². The van der Waals surface area contributed by atoms with E-state index in [1.165, 1.54) is 0 Å². The number of aliphatic hydroxyl groups is 2. The monoisotopic (exact) mass is 1370 g/mol. The summed E-state index contributed by atoms with van der Waals surface area (Å²) in [6.07, 6.45) is 16.9. The molecule has 13 rings (SSSR count). The summed E-state index contributed by atoms with van der Waals surface area (Å²) >= 11 is 0. The molecule has 0 unspecified atom stereocenters. The third-order valence-corrected chi connectivity index (χ3v) is 25.8. The molecular formula is C64H180N6O9. The number of ketones is 4. The van der Waals surface area contributed by atoms with Gasteiger partial charge in [0, 0.05) is 177 Å². The zero-order valence-corrected chi connectivity index (χ0v) is 49.1. The highest BCUT2D eigenvalue weighted by Gasteiger charge is 2.88. The average molecular weight is 1370 g/mol. The summed E-state index contributed by atoms with van der Waals surface area (Å²) in [5.74, 6) is 0.801. The van der Waals surface area contributed by atoms with Crippen LogP contribution in [0, 0.1) is 106 Å². The Bertz CT molecular complexity index is 3430. The van der Waals surface area contributed by atoms with Gasteiger partial charge < -0.3 is 24.1 Å². The molecular weight excluding hydrogens is 997 g/mol. The van der Waals surface area contributed by atoms with Crippen LogP contribution in [0.15, 0.2) is 44.1 Å². The number of fused-ring (bicyclic) bond motifs is 16. The molecule has 3 heterocycles. The maximum Gasteiger partial charge on any atom is 0.427 e. The van der Waals surface area contributed by atoms with Gasteiger partial charge in [-0.3, -0.25) is 24.0 Å². The van der Waals surface area contributed by atoms with Crippen molar-refractivity contribution in [2.45, 2.75) is 221 Å². The van der Waals surface area contributed by atoms with Gasteiger partial charge in [0.1, 0.15) is 11.2 Å². The first-order chi connectivity index (χ1) is 83.6. The molecule has 15 heteroatoms. The predicted octanol–water partition coefficient (Wildman–Crippen LogP) is 23.1. The van der Waals surface area contributed by atoms with Gasteiger partial charge in [-0.25, -0.2) is 11.4 Å². The molecule has 15 nitrogen and oxygen atoms in total. The second kappa shape index (κ2) is 16.2. The van der Waals surface area contributed by atoms with Gasteiger partial charge in [-0.1, -0.05) is 96.8 Å². The number of hydrogen-bond acceptors (Lipinski definition) is 13. The minimum absolute atomic E-state index is 0. The first-order valence-electron chi connectivity index (χ1n) is 76.5. The maximum atomic E-state index is 14.6. The molecule has 10 aliphatic carbocycles. The molecule has 0 bridgehead atoms. The van der Waals surface area contributed by atoms with Crippen LogP contribution in [0.5, 0.6) is 0 Å². The summed E-state index contributed by atoms with van der Waals surface area (Å²) in [5.41, 5.74) is -6.37. The van der Waals surface area contributed by atoms with E-state index >= 15 is 0 Å². The van der Waals surface area contributed by atoms with Crippen LogP contribution in [-0.2, 0) is 34.7 Å². The second-order valence-corrected chi connectivity index (χ2v) is 30.6. The molecule has 7 saturated carbocycles. The smallest absolute Gasteiger partial charge is 0.383 e. The number of Topliss-reactive ketones (excluding diaryl/α,β-unsaturated/α-hetero) is 2. The maximum absolute atomic E-state index is 14.6. The van der Waals surface area contributed by atoms with E-state index in [9.17, 15) is 29.4 Å². The number of hydrogen-bond donors (Lipinski definition) is 2. The van der Waals surface area contributed by atoms with Gasteiger partial charge in [0.15, 0.2) is 35.1 Å². The number of nitrogens with zero attached hydrogens (tertiary/aromatic N) is 6. The van der Waals surface area contributed by atoms with Gasteiger partial charge >= 0.3 is 5.72 Å². The van der Waals surface area contributed by atoms with Crippen LogP contribution in [0.4, 0.5) is 0 Å². The van der Waals surface area contributed by atoms with E-state index in [-0.39, 0.29) is 93.0 Å². The van der Waals surface area contributed by atoms with Crippen LogP contribution in [0.3, 0.4) is 0 Å². The van der Waals surface area contributed by atoms with Gasteiger partial charge in [-0.15, -0.1) is 0 Å². The lowest BCUT2D eigenvalue weighted by Gasteiger charge is -2.68. The van der Waals surface area contributed by atoms with Gasteiger partial charge in [0.05, 0.1) is 17.4 Å². The molecule has 1 saturated heterocycles. The van der Waals surface area contributed by atoms with E-state index in [0.29, 0.717) is 36.3 Å². The molecule has 1 aliphatic heterocycles. The van der Waals surface area contributed by atoms with E-state index in [2.05, 4.69) is 75.4 Å². The number of carbonyl (C=O) groups is 4. The first kappa shape index (κ1) is 22.7. The zero-order chi connectivity index (χ0) is 151. The molecule has 0 amide bonds. The Hall–Kier alpha value is -4.96. The molecule has 0 aromatic carbocycles. The second-order valence-electron chi connectivity index (χ2n) is 30.6. The minimum atomic E-state index is -1.69. The quantitative estimate of drug-likeness (QED) is 0.212. The molecule has 2 N–H and O–H groups in total. The van der Waals surface area contributed by atoms with Crippen molar-refractivity contribution in [2.75, 3.05) is 0 Å². The van der Waals surface area contributed by atoms with E-state index in [0.717, 1.165) is 88.2 Å². The molecule has 8 fully saturated rings. The number of carbonyl (C=O) groups excluding carboxylic acids is 4. The number of ether oxygens (including phenoxy) is 1. The van der Waals surface area contributed by atoms with E-state index in [4.69, 9.17) is 176 Å². The highest BCUT2D eigenvalue weighted by Crippen LogP contribution is 2.78. The van der Waals surface area contributed by atoms with Crippen molar-refractivity contribution in [2.24, 2.45) is 78.8 Å². The Morgan fingerprint density at radius 1 is 0.620 bits per heavy atom. The van der Waals surface area contributed by atoms with Crippen LogP contribution < -0.4 is 0 Å². The lowest BCUT2D eigenvalue weighted by Crippen LogP contribution is -2.69. The van der Waals surface area contributed by atoms with Crippen molar-refractivity contribution in [3.05, 3.63) is 81.3 Å². The molecule has 2 aromatic rings. The minimum Gasteiger partial charge on any atom is -0.383 e. The van der Waals surface area contributed by atoms with Crippen LogP contribution in [0.25, 0.3) is 9.69 Å². The Balaban J connectivity index is -0.0000000356. The van der Waals surface area contributed by atoms with Gasteiger partial charge in [0.25, 0.3) is 5.78 Å². The molecule has 0 spiro atoms. The Morgan fingerprint density at radius 3 is 1.53 bits per heavy atom. The third-order valence-electron chi connectivity index (χ3n) is 25.8. The largest absolute Gasteiger partial charge is 0.427 e. The summed E-state index contributed by atoms with van der Waals surface area (Å²) in [7, 11) is 0. The van der Waals surface area contributed by atoms with Crippen LogP contribution in [-0.4, -0.2) is 76.7 Å². The standard InChI is InChI=1S/C32H41N3O5.C32H41N3O4.49H2/c1-17-34-25(40-35-17)31-13-11-26(2,3)16-18(31)22-19(36)15-21-27(4,28(22,5)12-14-31)10-9-20-29(21,6)24-32(33-8,39-24)23(37)30(20,7)38;1-18-34-26(39-35-18)32-13-11-27(2,3)16-19(32)24-21(36)15-23-28(4)17-20(33-8)25(37)31(7,38)22(28)9-10-29(23,5)30(24,6)12-14-32;;;;;;;;;;;;;;;;;;;;;;;;;;;;;;;;;;;;;;;;;;;;;;;;;/h15,18,20,22,24,38H,9-14,16H2,1-7H3;15,17,19,22,24,38H,9-14,16H2,1-7H3;49*1H/t18-,20+,22-,24+,27+,28+,29-,30-,31-,32-;19-,22+,24-,28-,29+,30+,31-,32-;;;;;;;;;;;;;;;;;;;;;;;;;;;;;;;;;;;;;;;;;;;;;;;;;/m00................................................./s1/i;;47*1+2T;2*1+2. The van der Waals surface area contributed by atoms with Crippen molar-refractivity contribution in [3.8, 4) is 0 Å². The summed E-state index contributed by atoms with van der Waals surface area (Å²) in [6, 6.07) is 0. The fourth-order valence-electron chi connectivity index (χ4n) is 21.1. The molecule has 18 atom stereocenters. The molecule has 520 valence electrons. The molecule has 79 heavy (non-hydrogen) atoms. The summed E-state index contributed by atoms with van der Waals surface area (Å²) < 4.78 is 488. The van der Waals surface area contributed by atoms with E-state index < -0.39 is 51.3 Å². The Kier molecular flexibility index (Phi) is 4.64. The molecule has 11 aliphatic rings. The number of allylic oxidation sites excluding steroid dienone is 4. The topological polar surface area (TPSA) is 208 Å². The molecule has 0 radical (unpaired) electrons. The Morgan fingerprint density at radius 2 is 1.08 bits per heavy atom. The average Bonchev–Trinajstić information content (AvgIpc) is 1.49.